The third kappa shape index (κ3) is 3.01. The minimum atomic E-state index is -0.255. The molecule has 2 aromatic carbocycles. The molecule has 4 rings (SSSR count). The van der Waals surface area contributed by atoms with Crippen LogP contribution in [0.2, 0.25) is 0 Å². The van der Waals surface area contributed by atoms with Crippen LogP contribution in [-0.2, 0) is 9.47 Å². The van der Waals surface area contributed by atoms with Gasteiger partial charge in [-0.2, -0.15) is 0 Å². The standard InChI is InChI=1S/C20H25NO2/c1-15(18-10-6-8-16-7-2-3-9-19(16)18)21-13-17-14-22-20(23-17)11-4-5-12-20/h2-3,6-10,15,17,21H,4-5,11-14H2,1H3/t15-,17+/m1/s1. The van der Waals surface area contributed by atoms with Crippen LogP contribution in [0.15, 0.2) is 42.5 Å². The van der Waals surface area contributed by atoms with Gasteiger partial charge in [0, 0.05) is 25.4 Å². The van der Waals surface area contributed by atoms with E-state index in [9.17, 15) is 0 Å². The molecule has 0 radical (unpaired) electrons. The zero-order valence-corrected chi connectivity index (χ0v) is 13.8. The first-order chi connectivity index (χ1) is 11.3. The Morgan fingerprint density at radius 1 is 1.13 bits per heavy atom. The summed E-state index contributed by atoms with van der Waals surface area (Å²) in [6, 6.07) is 15.4. The van der Waals surface area contributed by atoms with Crippen molar-refractivity contribution in [3.63, 3.8) is 0 Å². The highest BCUT2D eigenvalue weighted by molar-refractivity contribution is 5.86. The molecule has 1 heterocycles. The van der Waals surface area contributed by atoms with E-state index in [1.165, 1.54) is 29.2 Å². The highest BCUT2D eigenvalue weighted by atomic mass is 16.7. The summed E-state index contributed by atoms with van der Waals surface area (Å²) in [4.78, 5) is 0. The SMILES string of the molecule is C[C@@H](NC[C@H]1COC2(CCCC2)O1)c1cccc2ccccc12. The fourth-order valence-electron chi connectivity index (χ4n) is 3.94. The van der Waals surface area contributed by atoms with Gasteiger partial charge in [0.05, 0.1) is 12.7 Å². The summed E-state index contributed by atoms with van der Waals surface area (Å²) in [7, 11) is 0. The van der Waals surface area contributed by atoms with Crippen LogP contribution in [0.1, 0.15) is 44.2 Å². The first-order valence-electron chi connectivity index (χ1n) is 8.79. The molecular weight excluding hydrogens is 286 g/mol. The molecule has 0 bridgehead atoms. The molecule has 1 aliphatic carbocycles. The molecule has 1 N–H and O–H groups in total. The Morgan fingerprint density at radius 2 is 1.91 bits per heavy atom. The molecule has 2 aromatic rings. The maximum absolute atomic E-state index is 6.20. The minimum absolute atomic E-state index is 0.172. The Balaban J connectivity index is 1.41. The van der Waals surface area contributed by atoms with Gasteiger partial charge in [-0.25, -0.2) is 0 Å². The van der Waals surface area contributed by atoms with Crippen molar-refractivity contribution in [2.24, 2.45) is 0 Å². The van der Waals surface area contributed by atoms with Gasteiger partial charge in [-0.15, -0.1) is 0 Å². The summed E-state index contributed by atoms with van der Waals surface area (Å²) < 4.78 is 12.2. The van der Waals surface area contributed by atoms with Gasteiger partial charge in [0.15, 0.2) is 5.79 Å². The number of benzene rings is 2. The lowest BCUT2D eigenvalue weighted by Crippen LogP contribution is -2.33. The summed E-state index contributed by atoms with van der Waals surface area (Å²) in [5.74, 6) is -0.255. The second kappa shape index (κ2) is 6.23. The van der Waals surface area contributed by atoms with E-state index in [1.54, 1.807) is 0 Å². The maximum atomic E-state index is 6.20. The number of fused-ring (bicyclic) bond motifs is 1. The van der Waals surface area contributed by atoms with Crippen molar-refractivity contribution in [3.05, 3.63) is 48.0 Å². The number of hydrogen-bond donors (Lipinski definition) is 1. The summed E-state index contributed by atoms with van der Waals surface area (Å²) in [5.41, 5.74) is 1.34. The van der Waals surface area contributed by atoms with E-state index in [4.69, 9.17) is 9.47 Å². The summed E-state index contributed by atoms with van der Waals surface area (Å²) in [6.45, 7) is 3.78. The van der Waals surface area contributed by atoms with Crippen molar-refractivity contribution in [1.82, 2.24) is 5.32 Å². The van der Waals surface area contributed by atoms with Gasteiger partial charge >= 0.3 is 0 Å². The normalized spacial score (nSPS) is 24.5. The quantitative estimate of drug-likeness (QED) is 0.919. The number of ether oxygens (including phenoxy) is 2. The zero-order valence-electron chi connectivity index (χ0n) is 13.8. The topological polar surface area (TPSA) is 30.5 Å². The molecule has 1 aliphatic heterocycles. The molecule has 23 heavy (non-hydrogen) atoms. The van der Waals surface area contributed by atoms with Gasteiger partial charge in [-0.1, -0.05) is 42.5 Å². The lowest BCUT2D eigenvalue weighted by atomic mass is 9.99. The highest BCUT2D eigenvalue weighted by Gasteiger charge is 2.43. The number of rotatable bonds is 4. The third-order valence-electron chi connectivity index (χ3n) is 5.22. The maximum Gasteiger partial charge on any atom is 0.168 e. The molecule has 0 unspecified atom stereocenters. The van der Waals surface area contributed by atoms with Gasteiger partial charge in [0.25, 0.3) is 0 Å². The van der Waals surface area contributed by atoms with E-state index in [1.807, 2.05) is 0 Å². The van der Waals surface area contributed by atoms with Gasteiger partial charge in [-0.05, 0) is 36.1 Å². The zero-order chi connectivity index (χ0) is 15.7. The fraction of sp³-hybridized carbons (Fsp3) is 0.500. The van der Waals surface area contributed by atoms with Crippen LogP contribution in [0, 0.1) is 0 Å². The fourth-order valence-corrected chi connectivity index (χ4v) is 3.94. The average Bonchev–Trinajstić information content (AvgIpc) is 3.22. The van der Waals surface area contributed by atoms with Gasteiger partial charge in [0.2, 0.25) is 0 Å². The number of hydrogen-bond acceptors (Lipinski definition) is 3. The van der Waals surface area contributed by atoms with Gasteiger partial charge in [0.1, 0.15) is 0 Å². The van der Waals surface area contributed by atoms with Gasteiger partial charge < -0.3 is 14.8 Å². The molecule has 2 aliphatic rings. The van der Waals surface area contributed by atoms with Crippen molar-refractivity contribution in [2.45, 2.75) is 50.5 Å². The smallest absolute Gasteiger partial charge is 0.168 e. The predicted octanol–water partition coefficient (Wildman–Crippen LogP) is 4.18. The van der Waals surface area contributed by atoms with Gasteiger partial charge in [-0.3, -0.25) is 0 Å². The molecule has 0 aromatic heterocycles. The Kier molecular flexibility index (Phi) is 4.10. The largest absolute Gasteiger partial charge is 0.347 e. The molecule has 2 fully saturated rings. The van der Waals surface area contributed by atoms with Crippen LogP contribution in [0.4, 0.5) is 0 Å². The molecule has 0 amide bonds. The van der Waals surface area contributed by atoms with Crippen LogP contribution in [0.5, 0.6) is 0 Å². The van der Waals surface area contributed by atoms with Crippen LogP contribution >= 0.6 is 0 Å². The van der Waals surface area contributed by atoms with Crippen LogP contribution in [0.3, 0.4) is 0 Å². The third-order valence-corrected chi connectivity index (χ3v) is 5.22. The Hall–Kier alpha value is -1.42. The molecule has 3 heteroatoms. The van der Waals surface area contributed by atoms with E-state index < -0.39 is 0 Å². The van der Waals surface area contributed by atoms with Crippen LogP contribution in [0.25, 0.3) is 10.8 Å². The predicted molar refractivity (Wildman–Crippen MR) is 92.4 cm³/mol. The van der Waals surface area contributed by atoms with E-state index in [0.717, 1.165) is 26.0 Å². The monoisotopic (exact) mass is 311 g/mol. The van der Waals surface area contributed by atoms with E-state index >= 15 is 0 Å². The highest BCUT2D eigenvalue weighted by Crippen LogP contribution is 2.39. The van der Waals surface area contributed by atoms with Crippen molar-refractivity contribution < 1.29 is 9.47 Å². The minimum Gasteiger partial charge on any atom is -0.347 e. The molecule has 2 atom stereocenters. The van der Waals surface area contributed by atoms with E-state index in [0.29, 0.717) is 6.04 Å². The Bertz CT molecular complexity index is 673. The first-order valence-corrected chi connectivity index (χ1v) is 8.79. The van der Waals surface area contributed by atoms with Crippen molar-refractivity contribution in [1.29, 1.82) is 0 Å². The Morgan fingerprint density at radius 3 is 2.78 bits per heavy atom. The molecule has 1 saturated carbocycles. The molecule has 122 valence electrons. The summed E-state index contributed by atoms with van der Waals surface area (Å²) >= 11 is 0. The first kappa shape index (κ1) is 15.1. The van der Waals surface area contributed by atoms with E-state index in [2.05, 4.69) is 54.7 Å². The summed E-state index contributed by atoms with van der Waals surface area (Å²) in [6.07, 6.45) is 4.75. The Labute approximate surface area is 138 Å². The van der Waals surface area contributed by atoms with Crippen molar-refractivity contribution >= 4 is 10.8 Å². The van der Waals surface area contributed by atoms with E-state index in [-0.39, 0.29) is 11.9 Å². The average molecular weight is 311 g/mol. The lowest BCUT2D eigenvalue weighted by Gasteiger charge is -2.23. The van der Waals surface area contributed by atoms with Crippen LogP contribution < -0.4 is 5.32 Å². The second-order valence-electron chi connectivity index (χ2n) is 6.87. The number of nitrogens with one attached hydrogen (secondary N) is 1. The lowest BCUT2D eigenvalue weighted by molar-refractivity contribution is -0.161. The second-order valence-corrected chi connectivity index (χ2v) is 6.87. The van der Waals surface area contributed by atoms with Crippen molar-refractivity contribution in [3.8, 4) is 0 Å². The molecule has 1 spiro atoms. The van der Waals surface area contributed by atoms with Crippen LogP contribution in [-0.4, -0.2) is 25.0 Å². The van der Waals surface area contributed by atoms with Crippen molar-refractivity contribution in [2.75, 3.05) is 13.2 Å². The molecule has 1 saturated heterocycles. The molecular formula is C20H25NO2. The summed E-state index contributed by atoms with van der Waals surface area (Å²) in [5, 5.41) is 6.25. The molecule has 3 nitrogen and oxygen atoms in total.